The van der Waals surface area contributed by atoms with Crippen molar-refractivity contribution in [2.75, 3.05) is 0 Å². The normalized spacial score (nSPS) is 13.9. The lowest BCUT2D eigenvalue weighted by Gasteiger charge is -2.15. The minimum atomic E-state index is 0.398. The second-order valence-electron chi connectivity index (χ2n) is 13.2. The van der Waals surface area contributed by atoms with Crippen molar-refractivity contribution in [3.05, 3.63) is 180 Å². The summed E-state index contributed by atoms with van der Waals surface area (Å²) in [5, 5.41) is 0.625. The molecule has 0 saturated carbocycles. The third kappa shape index (κ3) is 7.21. The fourth-order valence-corrected chi connectivity index (χ4v) is 6.92. The molecule has 1 atom stereocenters. The molecule has 1 aliphatic carbocycles. The molecular weight excluding hydrogens is 642 g/mol. The second-order valence-corrected chi connectivity index (χ2v) is 13.7. The summed E-state index contributed by atoms with van der Waals surface area (Å²) in [7, 11) is 0. The van der Waals surface area contributed by atoms with Gasteiger partial charge < -0.3 is 0 Å². The Hall–Kier alpha value is -5.90. The average molecular weight is 678 g/mol. The van der Waals surface area contributed by atoms with Crippen molar-refractivity contribution < 1.29 is 0 Å². The zero-order valence-electron chi connectivity index (χ0n) is 28.6. The van der Waals surface area contributed by atoms with Crippen LogP contribution in [0.15, 0.2) is 164 Å². The Morgan fingerprint density at radius 2 is 0.882 bits per heavy atom. The number of nitrogens with zero attached hydrogens (tertiary/aromatic N) is 3. The lowest BCUT2D eigenvalue weighted by Crippen LogP contribution is -2.05. The molecule has 0 aliphatic heterocycles. The average Bonchev–Trinajstić information content (AvgIpc) is 3.18. The number of hydrogen-bond donors (Lipinski definition) is 0. The fraction of sp³-hybridized carbons (Fsp3) is 0.0851. The van der Waals surface area contributed by atoms with E-state index in [1.807, 2.05) is 24.3 Å². The maximum atomic E-state index is 6.81. The molecule has 0 amide bonds. The second kappa shape index (κ2) is 14.1. The van der Waals surface area contributed by atoms with Crippen molar-refractivity contribution in [2.45, 2.75) is 20.3 Å². The molecule has 0 N–H and O–H groups in total. The Morgan fingerprint density at radius 3 is 1.41 bits per heavy atom. The molecule has 1 heterocycles. The van der Waals surface area contributed by atoms with Crippen molar-refractivity contribution in [3.63, 3.8) is 0 Å². The fourth-order valence-electron chi connectivity index (χ4n) is 6.69. The van der Waals surface area contributed by atoms with Crippen molar-refractivity contribution in [1.29, 1.82) is 0 Å². The van der Waals surface area contributed by atoms with Crippen LogP contribution in [0.3, 0.4) is 0 Å². The first-order chi connectivity index (χ1) is 24.9. The summed E-state index contributed by atoms with van der Waals surface area (Å²) in [5.74, 6) is 2.26. The number of hydrogen-bond acceptors (Lipinski definition) is 3. The van der Waals surface area contributed by atoms with Gasteiger partial charge in [-0.1, -0.05) is 152 Å². The van der Waals surface area contributed by atoms with E-state index in [2.05, 4.69) is 153 Å². The molecule has 3 nitrogen and oxygen atoms in total. The Labute approximate surface area is 304 Å². The maximum absolute atomic E-state index is 6.81. The van der Waals surface area contributed by atoms with Crippen LogP contribution in [0.25, 0.3) is 72.9 Å². The topological polar surface area (TPSA) is 38.7 Å². The molecule has 51 heavy (non-hydrogen) atoms. The van der Waals surface area contributed by atoms with Crippen LogP contribution < -0.4 is 0 Å². The predicted molar refractivity (Wildman–Crippen MR) is 213 cm³/mol. The van der Waals surface area contributed by atoms with Gasteiger partial charge in [0.2, 0.25) is 0 Å². The molecule has 246 valence electrons. The molecule has 8 rings (SSSR count). The van der Waals surface area contributed by atoms with Gasteiger partial charge in [0.1, 0.15) is 0 Å². The third-order valence-electron chi connectivity index (χ3n) is 9.31. The number of allylic oxidation sites excluding steroid dienone is 4. The van der Waals surface area contributed by atoms with Gasteiger partial charge in [-0.05, 0) is 99.7 Å². The zero-order chi connectivity index (χ0) is 34.7. The van der Waals surface area contributed by atoms with Gasteiger partial charge in [-0.25, -0.2) is 15.0 Å². The first-order valence-corrected chi connectivity index (χ1v) is 17.7. The summed E-state index contributed by atoms with van der Waals surface area (Å²) in [6, 6.07) is 50.8. The summed E-state index contributed by atoms with van der Waals surface area (Å²) < 4.78 is 0. The van der Waals surface area contributed by atoms with Gasteiger partial charge in [0, 0.05) is 21.7 Å². The van der Waals surface area contributed by atoms with Gasteiger partial charge in [-0.15, -0.1) is 0 Å². The Morgan fingerprint density at radius 1 is 0.471 bits per heavy atom. The number of rotatable bonds is 7. The lowest BCUT2D eigenvalue weighted by atomic mass is 9.96. The van der Waals surface area contributed by atoms with E-state index in [1.54, 1.807) is 0 Å². The van der Waals surface area contributed by atoms with Gasteiger partial charge in [0.05, 0.1) is 0 Å². The predicted octanol–water partition coefficient (Wildman–Crippen LogP) is 12.8. The molecule has 0 saturated heterocycles. The van der Waals surface area contributed by atoms with Gasteiger partial charge in [0.25, 0.3) is 0 Å². The number of benzene rings is 6. The quantitative estimate of drug-likeness (QED) is 0.168. The van der Waals surface area contributed by atoms with Crippen LogP contribution in [-0.4, -0.2) is 15.0 Å². The van der Waals surface area contributed by atoms with E-state index in [9.17, 15) is 0 Å². The third-order valence-corrected chi connectivity index (χ3v) is 9.52. The van der Waals surface area contributed by atoms with Gasteiger partial charge in [-0.3, -0.25) is 0 Å². The van der Waals surface area contributed by atoms with Crippen LogP contribution in [0.1, 0.15) is 24.7 Å². The number of halogens is 1. The summed E-state index contributed by atoms with van der Waals surface area (Å²) in [6.45, 7) is 4.34. The molecule has 1 aromatic heterocycles. The molecule has 0 bridgehead atoms. The highest BCUT2D eigenvalue weighted by Gasteiger charge is 2.17. The van der Waals surface area contributed by atoms with Crippen molar-refractivity contribution in [3.8, 4) is 67.3 Å². The Balaban J connectivity index is 1.20. The van der Waals surface area contributed by atoms with Crippen LogP contribution in [0.2, 0.25) is 5.02 Å². The molecule has 7 aromatic rings. The Kier molecular flexibility index (Phi) is 8.96. The van der Waals surface area contributed by atoms with Crippen molar-refractivity contribution in [1.82, 2.24) is 15.0 Å². The summed E-state index contributed by atoms with van der Waals surface area (Å²) in [6.07, 6.45) is 7.57. The summed E-state index contributed by atoms with van der Waals surface area (Å²) in [4.78, 5) is 15.3. The van der Waals surface area contributed by atoms with E-state index in [0.29, 0.717) is 28.4 Å². The minimum Gasteiger partial charge on any atom is -0.208 e. The van der Waals surface area contributed by atoms with E-state index < -0.39 is 0 Å². The molecule has 0 fully saturated rings. The van der Waals surface area contributed by atoms with Crippen LogP contribution in [0.4, 0.5) is 0 Å². The van der Waals surface area contributed by atoms with E-state index in [-0.39, 0.29) is 0 Å². The Bertz CT molecular complexity index is 2240. The van der Waals surface area contributed by atoms with Crippen molar-refractivity contribution >= 4 is 17.2 Å². The SMILES string of the molecule is Cc1cc(-c2ccc(-c3ccccc3)cc2)cc(-c2nc(C3=CC(C)CC=C3)nc(-c3cc(Cl)cc(-c4ccc(-c5ccccc5)cc4)c3)n2)c1. The summed E-state index contributed by atoms with van der Waals surface area (Å²) >= 11 is 6.81. The van der Waals surface area contributed by atoms with Crippen LogP contribution >= 0.6 is 11.6 Å². The number of aryl methyl sites for hydroxylation is 1. The maximum Gasteiger partial charge on any atom is 0.164 e. The monoisotopic (exact) mass is 677 g/mol. The molecular formula is C47H36ClN3. The van der Waals surface area contributed by atoms with E-state index in [4.69, 9.17) is 26.6 Å². The standard InChI is InChI=1S/C47H36ClN3/c1-31-10-9-15-39(24-31)45-49-46(42-26-32(2)25-40(27-42)37-20-16-35(17-21-37)33-11-5-3-6-12-33)51-47(50-45)43-28-41(29-44(48)30-43)38-22-18-36(19-23-38)34-13-7-4-8-14-34/h3-9,11-31H,10H2,1-2H3. The first-order valence-electron chi connectivity index (χ1n) is 17.3. The zero-order valence-corrected chi connectivity index (χ0v) is 29.3. The van der Waals surface area contributed by atoms with E-state index >= 15 is 0 Å². The van der Waals surface area contributed by atoms with Crippen LogP contribution in [0.5, 0.6) is 0 Å². The largest absolute Gasteiger partial charge is 0.208 e. The highest BCUT2D eigenvalue weighted by atomic mass is 35.5. The number of aromatic nitrogens is 3. The molecule has 1 aliphatic rings. The van der Waals surface area contributed by atoms with Gasteiger partial charge >= 0.3 is 0 Å². The smallest absolute Gasteiger partial charge is 0.164 e. The van der Waals surface area contributed by atoms with Crippen LogP contribution in [-0.2, 0) is 0 Å². The highest BCUT2D eigenvalue weighted by molar-refractivity contribution is 6.31. The first kappa shape index (κ1) is 32.3. The molecule has 0 radical (unpaired) electrons. The van der Waals surface area contributed by atoms with Gasteiger partial charge in [-0.2, -0.15) is 0 Å². The minimum absolute atomic E-state index is 0.398. The van der Waals surface area contributed by atoms with E-state index in [1.165, 1.54) is 22.3 Å². The summed E-state index contributed by atoms with van der Waals surface area (Å²) in [5.41, 5.74) is 13.0. The highest BCUT2D eigenvalue weighted by Crippen LogP contribution is 2.34. The van der Waals surface area contributed by atoms with Gasteiger partial charge in [0.15, 0.2) is 17.5 Å². The van der Waals surface area contributed by atoms with Crippen LogP contribution in [0, 0.1) is 12.8 Å². The molecule has 1 unspecified atom stereocenters. The molecule has 4 heteroatoms. The van der Waals surface area contributed by atoms with E-state index in [0.717, 1.165) is 50.9 Å². The molecule has 0 spiro atoms. The van der Waals surface area contributed by atoms with Crippen molar-refractivity contribution in [2.24, 2.45) is 5.92 Å². The lowest BCUT2D eigenvalue weighted by molar-refractivity contribution is 0.738. The molecule has 6 aromatic carbocycles.